The number of amides is 2. The molecule has 2 amide bonds. The van der Waals surface area contributed by atoms with Gasteiger partial charge >= 0.3 is 6.09 Å². The Morgan fingerprint density at radius 3 is 2.74 bits per heavy atom. The topological polar surface area (TPSA) is 123 Å². The van der Waals surface area contributed by atoms with Crippen molar-refractivity contribution in [1.29, 1.82) is 0 Å². The summed E-state index contributed by atoms with van der Waals surface area (Å²) in [5, 5.41) is 0.943. The zero-order valence-electron chi connectivity index (χ0n) is 16.7. The number of nitrogens with zero attached hydrogens (tertiary/aromatic N) is 3. The van der Waals surface area contributed by atoms with Crippen molar-refractivity contribution >= 4 is 50.6 Å². The molecule has 0 atom stereocenters. The molecule has 31 heavy (non-hydrogen) atoms. The highest BCUT2D eigenvalue weighted by molar-refractivity contribution is 7.91. The van der Waals surface area contributed by atoms with Crippen molar-refractivity contribution in [3.05, 3.63) is 39.5 Å². The second kappa shape index (κ2) is 8.38. The van der Waals surface area contributed by atoms with E-state index in [9.17, 15) is 18.0 Å². The number of hydrogen-bond acceptors (Lipinski definition) is 7. The van der Waals surface area contributed by atoms with Gasteiger partial charge in [0.05, 0.1) is 17.8 Å². The third-order valence-corrected chi connectivity index (χ3v) is 9.21. The van der Waals surface area contributed by atoms with Crippen molar-refractivity contribution in [1.82, 2.24) is 9.29 Å². The fourth-order valence-electron chi connectivity index (χ4n) is 3.92. The highest BCUT2D eigenvalue weighted by Crippen LogP contribution is 2.35. The number of nitrogens with two attached hydrogens (primary N) is 1. The molecule has 3 heterocycles. The minimum Gasteiger partial charge on any atom is -0.444 e. The molecule has 4 rings (SSSR count). The van der Waals surface area contributed by atoms with Crippen LogP contribution in [0.5, 0.6) is 0 Å². The molecule has 2 N–H and O–H groups in total. The number of carbonyl (C=O) groups is 2. The average molecular weight is 485 g/mol. The summed E-state index contributed by atoms with van der Waals surface area (Å²) in [6, 6.07) is 5.10. The Balaban J connectivity index is 1.51. The van der Waals surface area contributed by atoms with Gasteiger partial charge < -0.3 is 10.5 Å². The predicted octanol–water partition coefficient (Wildman–Crippen LogP) is 2.44. The second-order valence-corrected chi connectivity index (χ2v) is 11.1. The van der Waals surface area contributed by atoms with E-state index in [-0.39, 0.29) is 36.4 Å². The first-order valence-electron chi connectivity index (χ1n) is 9.66. The molecule has 0 spiro atoms. The SMILES string of the molecule is Cc1nc(CC(N)=O)sc1S(=O)(=O)N1CCC(N2C(=O)OCc3cc(Cl)ccc32)CC1. The molecule has 1 saturated heterocycles. The molecule has 0 saturated carbocycles. The first kappa shape index (κ1) is 22.0. The summed E-state index contributed by atoms with van der Waals surface area (Å²) in [6.07, 6.45) is 0.388. The van der Waals surface area contributed by atoms with Crippen molar-refractivity contribution in [2.24, 2.45) is 5.73 Å². The number of primary amides is 1. The van der Waals surface area contributed by atoms with Crippen LogP contribution in [0.25, 0.3) is 0 Å². The van der Waals surface area contributed by atoms with E-state index in [1.165, 1.54) is 4.31 Å². The molecular formula is C19H21ClN4O5S2. The number of hydrogen-bond donors (Lipinski definition) is 1. The Labute approximate surface area is 188 Å². The van der Waals surface area contributed by atoms with Crippen LogP contribution in [0.2, 0.25) is 5.02 Å². The Bertz CT molecular complexity index is 1140. The fourth-order valence-corrected chi connectivity index (χ4v) is 7.29. The van der Waals surface area contributed by atoms with Crippen LogP contribution < -0.4 is 10.6 Å². The maximum atomic E-state index is 13.2. The lowest BCUT2D eigenvalue weighted by atomic mass is 10.0. The number of aromatic nitrogens is 1. The quantitative estimate of drug-likeness (QED) is 0.695. The summed E-state index contributed by atoms with van der Waals surface area (Å²) in [5.41, 5.74) is 7.12. The number of thiazole rings is 1. The largest absolute Gasteiger partial charge is 0.444 e. The molecule has 166 valence electrons. The van der Waals surface area contributed by atoms with Crippen LogP contribution in [0.15, 0.2) is 22.4 Å². The van der Waals surface area contributed by atoms with Crippen molar-refractivity contribution in [2.75, 3.05) is 18.0 Å². The number of ether oxygens (including phenoxy) is 1. The summed E-state index contributed by atoms with van der Waals surface area (Å²) in [5.74, 6) is -0.562. The van der Waals surface area contributed by atoms with Gasteiger partial charge in [0.2, 0.25) is 5.91 Å². The van der Waals surface area contributed by atoms with E-state index in [2.05, 4.69) is 4.98 Å². The fraction of sp³-hybridized carbons (Fsp3) is 0.421. The summed E-state index contributed by atoms with van der Waals surface area (Å²) in [4.78, 5) is 29.4. The Morgan fingerprint density at radius 1 is 1.35 bits per heavy atom. The van der Waals surface area contributed by atoms with Crippen molar-refractivity contribution < 1.29 is 22.7 Å². The number of cyclic esters (lactones) is 1. The third kappa shape index (κ3) is 4.27. The van der Waals surface area contributed by atoms with E-state index < -0.39 is 22.0 Å². The van der Waals surface area contributed by atoms with Gasteiger partial charge in [-0.1, -0.05) is 11.6 Å². The zero-order valence-corrected chi connectivity index (χ0v) is 19.1. The molecule has 9 nitrogen and oxygen atoms in total. The van der Waals surface area contributed by atoms with Crippen LogP contribution in [-0.2, 0) is 32.6 Å². The molecule has 2 aromatic rings. The third-order valence-electron chi connectivity index (χ3n) is 5.34. The van der Waals surface area contributed by atoms with Gasteiger partial charge in [-0.15, -0.1) is 11.3 Å². The molecule has 2 aliphatic rings. The molecule has 1 fully saturated rings. The van der Waals surface area contributed by atoms with Gasteiger partial charge in [0.25, 0.3) is 10.0 Å². The van der Waals surface area contributed by atoms with E-state index in [0.29, 0.717) is 28.6 Å². The van der Waals surface area contributed by atoms with Gasteiger partial charge in [-0.3, -0.25) is 9.69 Å². The normalized spacial score (nSPS) is 18.0. The summed E-state index contributed by atoms with van der Waals surface area (Å²) < 4.78 is 33.1. The first-order valence-corrected chi connectivity index (χ1v) is 12.3. The van der Waals surface area contributed by atoms with Crippen LogP contribution in [0, 0.1) is 6.92 Å². The minimum atomic E-state index is -3.76. The number of aryl methyl sites for hydroxylation is 1. The number of carbonyl (C=O) groups excluding carboxylic acids is 2. The van der Waals surface area contributed by atoms with Crippen LogP contribution in [-0.4, -0.2) is 48.8 Å². The number of sulfonamides is 1. The van der Waals surface area contributed by atoms with Gasteiger partial charge in [0.1, 0.15) is 11.6 Å². The molecule has 1 aromatic heterocycles. The van der Waals surface area contributed by atoms with E-state index in [1.807, 2.05) is 0 Å². The molecule has 0 unspecified atom stereocenters. The van der Waals surface area contributed by atoms with Crippen molar-refractivity contribution in [3.8, 4) is 0 Å². The molecule has 2 aliphatic heterocycles. The highest BCUT2D eigenvalue weighted by atomic mass is 35.5. The number of fused-ring (bicyclic) bond motifs is 1. The molecule has 0 bridgehead atoms. The maximum Gasteiger partial charge on any atom is 0.414 e. The van der Waals surface area contributed by atoms with E-state index in [4.69, 9.17) is 22.1 Å². The number of rotatable bonds is 5. The minimum absolute atomic E-state index is 0.0937. The van der Waals surface area contributed by atoms with Gasteiger partial charge in [-0.2, -0.15) is 4.31 Å². The number of benzene rings is 1. The maximum absolute atomic E-state index is 13.2. The average Bonchev–Trinajstić information content (AvgIpc) is 3.08. The molecule has 12 heteroatoms. The Kier molecular flexibility index (Phi) is 5.95. The van der Waals surface area contributed by atoms with Crippen LogP contribution in [0.4, 0.5) is 10.5 Å². The van der Waals surface area contributed by atoms with Gasteiger partial charge in [0.15, 0.2) is 4.21 Å². The van der Waals surface area contributed by atoms with Crippen LogP contribution >= 0.6 is 22.9 Å². The number of halogens is 1. The van der Waals surface area contributed by atoms with E-state index in [0.717, 1.165) is 22.6 Å². The Hall–Kier alpha value is -2.21. The van der Waals surface area contributed by atoms with Gasteiger partial charge in [0, 0.05) is 29.7 Å². The monoisotopic (exact) mass is 484 g/mol. The lowest BCUT2D eigenvalue weighted by Crippen LogP contribution is -2.50. The van der Waals surface area contributed by atoms with Gasteiger partial charge in [-0.25, -0.2) is 18.2 Å². The molecule has 0 aliphatic carbocycles. The number of anilines is 1. The lowest BCUT2D eigenvalue weighted by molar-refractivity contribution is -0.117. The number of piperidine rings is 1. The summed E-state index contributed by atoms with van der Waals surface area (Å²) in [6.45, 7) is 2.27. The Morgan fingerprint density at radius 2 is 2.06 bits per heavy atom. The standard InChI is InChI=1S/C19H21ClN4O5S2/c1-11-18(30-17(22-11)9-16(21)25)31(27,28)23-6-4-14(5-7-23)24-15-3-2-13(20)8-12(15)10-29-19(24)26/h2-3,8,14H,4-7,9-10H2,1H3,(H2,21,25). The summed E-state index contributed by atoms with van der Waals surface area (Å²) >= 11 is 7.03. The lowest BCUT2D eigenvalue weighted by Gasteiger charge is -2.39. The van der Waals surface area contributed by atoms with Crippen molar-refractivity contribution in [2.45, 2.75) is 43.0 Å². The molecule has 0 radical (unpaired) electrons. The highest BCUT2D eigenvalue weighted by Gasteiger charge is 2.38. The zero-order chi connectivity index (χ0) is 22.3. The molecule has 1 aromatic carbocycles. The van der Waals surface area contributed by atoms with Crippen LogP contribution in [0.3, 0.4) is 0 Å². The van der Waals surface area contributed by atoms with Gasteiger partial charge in [-0.05, 0) is 38.0 Å². The smallest absolute Gasteiger partial charge is 0.414 e. The first-order chi connectivity index (χ1) is 14.7. The van der Waals surface area contributed by atoms with Crippen LogP contribution in [0.1, 0.15) is 29.1 Å². The van der Waals surface area contributed by atoms with E-state index in [1.54, 1.807) is 30.0 Å². The van der Waals surface area contributed by atoms with Crippen molar-refractivity contribution in [3.63, 3.8) is 0 Å². The molecular weight excluding hydrogens is 464 g/mol. The summed E-state index contributed by atoms with van der Waals surface area (Å²) in [7, 11) is -3.76. The second-order valence-electron chi connectivity index (χ2n) is 7.46. The predicted molar refractivity (Wildman–Crippen MR) is 116 cm³/mol. The van der Waals surface area contributed by atoms with E-state index >= 15 is 0 Å².